The number of amides is 3. The van der Waals surface area contributed by atoms with Gasteiger partial charge >= 0.3 is 6.03 Å². The molecule has 0 aliphatic heterocycles. The standard InChI is InChI=1S/C17H17Cl2N3O3/c18-12-8-9-15(14(19)11-12)25-10-4-7-16(23)21-22-17(24)20-13-5-2-1-3-6-13/h1-3,5-6,8-9,11H,4,7,10H2,(H,21,23)(H2,20,22,24). The first-order valence-electron chi connectivity index (χ1n) is 7.53. The van der Waals surface area contributed by atoms with Crippen molar-refractivity contribution in [3.8, 4) is 5.75 Å². The average Bonchev–Trinajstić information content (AvgIpc) is 2.59. The van der Waals surface area contributed by atoms with Crippen molar-refractivity contribution < 1.29 is 14.3 Å². The highest BCUT2D eigenvalue weighted by Crippen LogP contribution is 2.27. The van der Waals surface area contributed by atoms with Crippen LogP contribution in [0, 0.1) is 0 Å². The lowest BCUT2D eigenvalue weighted by molar-refractivity contribution is -0.122. The van der Waals surface area contributed by atoms with E-state index in [1.165, 1.54) is 0 Å². The number of urea groups is 1. The molecule has 0 radical (unpaired) electrons. The van der Waals surface area contributed by atoms with E-state index in [0.717, 1.165) is 0 Å². The van der Waals surface area contributed by atoms with Crippen molar-refractivity contribution in [2.45, 2.75) is 12.8 Å². The van der Waals surface area contributed by atoms with E-state index in [4.69, 9.17) is 27.9 Å². The predicted molar refractivity (Wildman–Crippen MR) is 97.9 cm³/mol. The number of hydrazine groups is 1. The highest BCUT2D eigenvalue weighted by atomic mass is 35.5. The summed E-state index contributed by atoms with van der Waals surface area (Å²) >= 11 is 11.8. The first-order valence-corrected chi connectivity index (χ1v) is 8.29. The summed E-state index contributed by atoms with van der Waals surface area (Å²) in [6, 6.07) is 13.3. The monoisotopic (exact) mass is 381 g/mol. The largest absolute Gasteiger partial charge is 0.492 e. The topological polar surface area (TPSA) is 79.5 Å². The van der Waals surface area contributed by atoms with Gasteiger partial charge in [0.05, 0.1) is 11.6 Å². The van der Waals surface area contributed by atoms with Gasteiger partial charge in [0.25, 0.3) is 0 Å². The minimum Gasteiger partial charge on any atom is -0.492 e. The Bertz CT molecular complexity index is 726. The Labute approximate surface area is 155 Å². The van der Waals surface area contributed by atoms with Gasteiger partial charge in [-0.2, -0.15) is 0 Å². The molecular formula is C17H17Cl2N3O3. The van der Waals surface area contributed by atoms with Gasteiger partial charge in [0.15, 0.2) is 0 Å². The molecule has 2 aromatic carbocycles. The van der Waals surface area contributed by atoms with Crippen LogP contribution in [0.15, 0.2) is 48.5 Å². The summed E-state index contributed by atoms with van der Waals surface area (Å²) in [5.41, 5.74) is 5.23. The Morgan fingerprint density at radius 1 is 1.00 bits per heavy atom. The van der Waals surface area contributed by atoms with Crippen LogP contribution in [0.4, 0.5) is 10.5 Å². The van der Waals surface area contributed by atoms with Crippen LogP contribution in [0.5, 0.6) is 5.75 Å². The van der Waals surface area contributed by atoms with Crippen LogP contribution in [-0.2, 0) is 4.79 Å². The van der Waals surface area contributed by atoms with Crippen molar-refractivity contribution in [1.29, 1.82) is 0 Å². The summed E-state index contributed by atoms with van der Waals surface area (Å²) in [4.78, 5) is 23.3. The molecule has 6 nitrogen and oxygen atoms in total. The van der Waals surface area contributed by atoms with Crippen molar-refractivity contribution >= 4 is 40.8 Å². The molecule has 8 heteroatoms. The van der Waals surface area contributed by atoms with Crippen LogP contribution in [0.2, 0.25) is 10.0 Å². The Hall–Kier alpha value is -2.44. The lowest BCUT2D eigenvalue weighted by atomic mass is 10.3. The van der Waals surface area contributed by atoms with Gasteiger partial charge in [0.1, 0.15) is 5.75 Å². The van der Waals surface area contributed by atoms with E-state index in [9.17, 15) is 9.59 Å². The van der Waals surface area contributed by atoms with Gasteiger partial charge in [0, 0.05) is 17.1 Å². The Kier molecular flexibility index (Phi) is 7.37. The molecule has 132 valence electrons. The molecule has 0 unspecified atom stereocenters. The van der Waals surface area contributed by atoms with Crippen LogP contribution in [0.1, 0.15) is 12.8 Å². The van der Waals surface area contributed by atoms with Gasteiger partial charge in [-0.05, 0) is 36.8 Å². The van der Waals surface area contributed by atoms with E-state index in [-0.39, 0.29) is 12.3 Å². The molecule has 3 N–H and O–H groups in total. The zero-order valence-electron chi connectivity index (χ0n) is 13.2. The van der Waals surface area contributed by atoms with Crippen molar-refractivity contribution in [3.63, 3.8) is 0 Å². The molecule has 0 aliphatic carbocycles. The van der Waals surface area contributed by atoms with Gasteiger partial charge < -0.3 is 10.1 Å². The van der Waals surface area contributed by atoms with Crippen LogP contribution in [0.3, 0.4) is 0 Å². The summed E-state index contributed by atoms with van der Waals surface area (Å²) in [5, 5.41) is 3.52. The second-order valence-corrected chi connectivity index (χ2v) is 5.86. The summed E-state index contributed by atoms with van der Waals surface area (Å²) in [5.74, 6) is 0.181. The number of nitrogens with one attached hydrogen (secondary N) is 3. The predicted octanol–water partition coefficient (Wildman–Crippen LogP) is 4.01. The fourth-order valence-electron chi connectivity index (χ4n) is 1.88. The molecule has 0 spiro atoms. The SMILES string of the molecule is O=C(CCCOc1ccc(Cl)cc1Cl)NNC(=O)Nc1ccccc1. The normalized spacial score (nSPS) is 10.0. The Morgan fingerprint density at radius 2 is 1.76 bits per heavy atom. The third-order valence-electron chi connectivity index (χ3n) is 3.05. The maximum Gasteiger partial charge on any atom is 0.337 e. The summed E-state index contributed by atoms with van der Waals surface area (Å²) < 4.78 is 5.48. The summed E-state index contributed by atoms with van der Waals surface area (Å²) in [7, 11) is 0. The molecule has 3 amide bonds. The molecule has 0 aliphatic rings. The second-order valence-electron chi connectivity index (χ2n) is 5.02. The highest BCUT2D eigenvalue weighted by molar-refractivity contribution is 6.35. The molecule has 0 atom stereocenters. The van der Waals surface area contributed by atoms with Gasteiger partial charge in [0.2, 0.25) is 5.91 Å². The number of carbonyl (C=O) groups is 2. The van der Waals surface area contributed by atoms with Crippen LogP contribution in [0.25, 0.3) is 0 Å². The molecule has 2 aromatic rings. The van der Waals surface area contributed by atoms with E-state index in [2.05, 4.69) is 16.2 Å². The summed E-state index contributed by atoms with van der Waals surface area (Å²) in [6.07, 6.45) is 0.656. The number of para-hydroxylation sites is 1. The number of ether oxygens (including phenoxy) is 1. The molecule has 0 fully saturated rings. The number of benzene rings is 2. The minimum absolute atomic E-state index is 0.191. The lowest BCUT2D eigenvalue weighted by Gasteiger charge is -2.10. The third-order valence-corrected chi connectivity index (χ3v) is 3.58. The van der Waals surface area contributed by atoms with E-state index in [1.54, 1.807) is 42.5 Å². The van der Waals surface area contributed by atoms with Crippen molar-refractivity contribution in [2.75, 3.05) is 11.9 Å². The zero-order valence-corrected chi connectivity index (χ0v) is 14.7. The smallest absolute Gasteiger partial charge is 0.337 e. The van der Waals surface area contributed by atoms with E-state index >= 15 is 0 Å². The van der Waals surface area contributed by atoms with Crippen LogP contribution >= 0.6 is 23.2 Å². The van der Waals surface area contributed by atoms with E-state index in [0.29, 0.717) is 34.5 Å². The van der Waals surface area contributed by atoms with Crippen molar-refractivity contribution in [2.24, 2.45) is 0 Å². The molecule has 0 aromatic heterocycles. The third kappa shape index (κ3) is 6.91. The maximum absolute atomic E-state index is 11.7. The number of rotatable bonds is 6. The van der Waals surface area contributed by atoms with E-state index < -0.39 is 6.03 Å². The zero-order chi connectivity index (χ0) is 18.1. The molecule has 0 heterocycles. The fraction of sp³-hybridized carbons (Fsp3) is 0.176. The molecule has 0 bridgehead atoms. The maximum atomic E-state index is 11.7. The number of hydrogen-bond donors (Lipinski definition) is 3. The van der Waals surface area contributed by atoms with Gasteiger partial charge in [-0.25, -0.2) is 10.2 Å². The first kappa shape index (κ1) is 18.9. The average molecular weight is 382 g/mol. The fourth-order valence-corrected chi connectivity index (χ4v) is 2.34. The Balaban J connectivity index is 1.61. The van der Waals surface area contributed by atoms with E-state index in [1.807, 2.05) is 6.07 Å². The molecule has 0 saturated carbocycles. The Morgan fingerprint density at radius 3 is 2.48 bits per heavy atom. The van der Waals surface area contributed by atoms with Crippen LogP contribution < -0.4 is 20.9 Å². The van der Waals surface area contributed by atoms with Crippen molar-refractivity contribution in [1.82, 2.24) is 10.9 Å². The lowest BCUT2D eigenvalue weighted by Crippen LogP contribution is -2.43. The quantitative estimate of drug-likeness (QED) is 0.522. The first-order chi connectivity index (χ1) is 12.0. The number of hydrogen-bond acceptors (Lipinski definition) is 3. The van der Waals surface area contributed by atoms with Gasteiger partial charge in [-0.15, -0.1) is 0 Å². The van der Waals surface area contributed by atoms with Crippen molar-refractivity contribution in [3.05, 3.63) is 58.6 Å². The van der Waals surface area contributed by atoms with Gasteiger partial charge in [-0.1, -0.05) is 41.4 Å². The van der Waals surface area contributed by atoms with Gasteiger partial charge in [-0.3, -0.25) is 10.2 Å². The summed E-state index contributed by atoms with van der Waals surface area (Å²) in [6.45, 7) is 0.311. The molecular weight excluding hydrogens is 365 g/mol. The number of anilines is 1. The number of halogens is 2. The second kappa shape index (κ2) is 9.76. The minimum atomic E-state index is -0.524. The molecule has 2 rings (SSSR count). The highest BCUT2D eigenvalue weighted by Gasteiger charge is 2.06. The molecule has 25 heavy (non-hydrogen) atoms. The number of carbonyl (C=O) groups excluding carboxylic acids is 2. The molecule has 0 saturated heterocycles. The van der Waals surface area contributed by atoms with Crippen LogP contribution in [-0.4, -0.2) is 18.5 Å².